The molecule has 1 aliphatic carbocycles. The van der Waals surface area contributed by atoms with Gasteiger partial charge in [-0.2, -0.15) is 0 Å². The van der Waals surface area contributed by atoms with E-state index in [1.54, 1.807) is 12.1 Å². The minimum atomic E-state index is -0.905. The van der Waals surface area contributed by atoms with Crippen LogP contribution in [0, 0.1) is 5.92 Å². The number of carboxylic acids is 1. The molecule has 0 amide bonds. The molecule has 2 aromatic carbocycles. The molecule has 2 N–H and O–H groups in total. The molecule has 3 nitrogen and oxygen atoms in total. The highest BCUT2D eigenvalue weighted by Gasteiger charge is 2.32. The van der Waals surface area contributed by atoms with Gasteiger partial charge in [0.15, 0.2) is 0 Å². The van der Waals surface area contributed by atoms with Gasteiger partial charge in [0.05, 0.1) is 11.6 Å². The molecule has 0 radical (unpaired) electrons. The zero-order chi connectivity index (χ0) is 14.8. The number of hydrogen-bond acceptors (Lipinski definition) is 2. The SMILES string of the molecule is O=C(O)c1ccc(NC(c2ccc(Cl)cc2)C2CC2)cc1. The molecule has 0 spiro atoms. The second kappa shape index (κ2) is 5.78. The molecule has 1 atom stereocenters. The van der Waals surface area contributed by atoms with Crippen molar-refractivity contribution in [2.45, 2.75) is 18.9 Å². The van der Waals surface area contributed by atoms with Gasteiger partial charge in [-0.1, -0.05) is 23.7 Å². The van der Waals surface area contributed by atoms with Crippen LogP contribution < -0.4 is 5.32 Å². The maximum Gasteiger partial charge on any atom is 0.335 e. The fourth-order valence-electron chi connectivity index (χ4n) is 2.46. The number of nitrogens with one attached hydrogen (secondary N) is 1. The van der Waals surface area contributed by atoms with Crippen molar-refractivity contribution in [1.29, 1.82) is 0 Å². The Balaban J connectivity index is 1.79. The van der Waals surface area contributed by atoms with E-state index in [1.165, 1.54) is 18.4 Å². The predicted octanol–water partition coefficient (Wildman–Crippen LogP) is 4.60. The molecule has 1 aliphatic rings. The molecule has 21 heavy (non-hydrogen) atoms. The largest absolute Gasteiger partial charge is 0.478 e. The predicted molar refractivity (Wildman–Crippen MR) is 83.9 cm³/mol. The Morgan fingerprint density at radius 3 is 2.24 bits per heavy atom. The van der Waals surface area contributed by atoms with Crippen LogP contribution in [0.3, 0.4) is 0 Å². The van der Waals surface area contributed by atoms with Crippen LogP contribution in [0.15, 0.2) is 48.5 Å². The fraction of sp³-hybridized carbons (Fsp3) is 0.235. The highest BCUT2D eigenvalue weighted by Crippen LogP contribution is 2.43. The van der Waals surface area contributed by atoms with Gasteiger partial charge < -0.3 is 10.4 Å². The smallest absolute Gasteiger partial charge is 0.335 e. The van der Waals surface area contributed by atoms with E-state index in [0.717, 1.165) is 10.7 Å². The first-order valence-electron chi connectivity index (χ1n) is 6.99. The molecule has 0 heterocycles. The number of aromatic carboxylic acids is 1. The van der Waals surface area contributed by atoms with Gasteiger partial charge in [0.25, 0.3) is 0 Å². The van der Waals surface area contributed by atoms with E-state index in [2.05, 4.69) is 5.32 Å². The van der Waals surface area contributed by atoms with Crippen LogP contribution in [-0.4, -0.2) is 11.1 Å². The standard InChI is InChI=1S/C17H16ClNO2/c18-14-7-3-12(4-8-14)16(11-1-2-11)19-15-9-5-13(6-10-15)17(20)21/h3-11,16,19H,1-2H2,(H,20,21). The zero-order valence-corrected chi connectivity index (χ0v) is 12.2. The van der Waals surface area contributed by atoms with Gasteiger partial charge in [0, 0.05) is 10.7 Å². The summed E-state index contributed by atoms with van der Waals surface area (Å²) in [6.07, 6.45) is 2.43. The van der Waals surface area contributed by atoms with E-state index in [9.17, 15) is 4.79 Å². The lowest BCUT2D eigenvalue weighted by Crippen LogP contribution is -2.13. The molecular weight excluding hydrogens is 286 g/mol. The zero-order valence-electron chi connectivity index (χ0n) is 11.4. The second-order valence-electron chi connectivity index (χ2n) is 5.39. The minimum absolute atomic E-state index is 0.248. The van der Waals surface area contributed by atoms with E-state index in [1.807, 2.05) is 36.4 Å². The van der Waals surface area contributed by atoms with Crippen LogP contribution in [-0.2, 0) is 0 Å². The molecule has 0 saturated heterocycles. The summed E-state index contributed by atoms with van der Waals surface area (Å²) in [6.45, 7) is 0. The number of hydrogen-bond donors (Lipinski definition) is 2. The lowest BCUT2D eigenvalue weighted by atomic mass is 10.0. The lowest BCUT2D eigenvalue weighted by molar-refractivity contribution is 0.0697. The number of carbonyl (C=O) groups is 1. The Morgan fingerprint density at radius 2 is 1.71 bits per heavy atom. The molecule has 1 saturated carbocycles. The first-order chi connectivity index (χ1) is 10.1. The third kappa shape index (κ3) is 3.37. The maximum absolute atomic E-state index is 10.9. The molecule has 2 aromatic rings. The molecule has 3 rings (SSSR count). The first kappa shape index (κ1) is 14.0. The van der Waals surface area contributed by atoms with E-state index in [4.69, 9.17) is 16.7 Å². The Hall–Kier alpha value is -2.00. The van der Waals surface area contributed by atoms with Crippen molar-refractivity contribution in [2.24, 2.45) is 5.92 Å². The third-order valence-corrected chi connectivity index (χ3v) is 4.03. The van der Waals surface area contributed by atoms with Gasteiger partial charge in [0.2, 0.25) is 0 Å². The summed E-state index contributed by atoms with van der Waals surface area (Å²) in [4.78, 5) is 10.9. The molecule has 108 valence electrons. The monoisotopic (exact) mass is 301 g/mol. The lowest BCUT2D eigenvalue weighted by Gasteiger charge is -2.20. The normalized spacial score (nSPS) is 15.5. The van der Waals surface area contributed by atoms with Gasteiger partial charge in [-0.25, -0.2) is 4.79 Å². The summed E-state index contributed by atoms with van der Waals surface area (Å²) in [5.41, 5.74) is 2.45. The minimum Gasteiger partial charge on any atom is -0.478 e. The number of halogens is 1. The van der Waals surface area contributed by atoms with Crippen molar-refractivity contribution in [2.75, 3.05) is 5.32 Å². The molecule has 1 fully saturated rings. The molecular formula is C17H16ClNO2. The molecule has 0 aliphatic heterocycles. The van der Waals surface area contributed by atoms with Crippen molar-refractivity contribution in [3.63, 3.8) is 0 Å². The Morgan fingerprint density at radius 1 is 1.10 bits per heavy atom. The molecule has 1 unspecified atom stereocenters. The molecule has 0 bridgehead atoms. The van der Waals surface area contributed by atoms with Crippen LogP contribution in [0.2, 0.25) is 5.02 Å². The van der Waals surface area contributed by atoms with E-state index < -0.39 is 5.97 Å². The average Bonchev–Trinajstić information content (AvgIpc) is 3.31. The highest BCUT2D eigenvalue weighted by molar-refractivity contribution is 6.30. The van der Waals surface area contributed by atoms with Gasteiger partial charge in [0.1, 0.15) is 0 Å². The van der Waals surface area contributed by atoms with Gasteiger partial charge in [-0.05, 0) is 60.7 Å². The molecule has 0 aromatic heterocycles. The molecule has 4 heteroatoms. The number of carboxylic acid groups (broad SMARTS) is 1. The Bertz CT molecular complexity index is 633. The van der Waals surface area contributed by atoms with Crippen molar-refractivity contribution in [3.8, 4) is 0 Å². The van der Waals surface area contributed by atoms with E-state index in [0.29, 0.717) is 11.5 Å². The number of anilines is 1. The Labute approximate surface area is 128 Å². The van der Waals surface area contributed by atoms with E-state index in [-0.39, 0.29) is 6.04 Å². The van der Waals surface area contributed by atoms with Gasteiger partial charge in [-0.15, -0.1) is 0 Å². The van der Waals surface area contributed by atoms with Crippen LogP contribution in [0.25, 0.3) is 0 Å². The average molecular weight is 302 g/mol. The van der Waals surface area contributed by atoms with Crippen molar-refractivity contribution in [1.82, 2.24) is 0 Å². The van der Waals surface area contributed by atoms with Gasteiger partial charge in [-0.3, -0.25) is 0 Å². The fourth-order valence-corrected chi connectivity index (χ4v) is 2.59. The topological polar surface area (TPSA) is 49.3 Å². The van der Waals surface area contributed by atoms with Crippen LogP contribution in [0.1, 0.15) is 34.8 Å². The van der Waals surface area contributed by atoms with Crippen LogP contribution >= 0.6 is 11.6 Å². The quantitative estimate of drug-likeness (QED) is 0.848. The Kier molecular flexibility index (Phi) is 3.84. The highest BCUT2D eigenvalue weighted by atomic mass is 35.5. The summed E-state index contributed by atoms with van der Waals surface area (Å²) in [5.74, 6) is -0.275. The third-order valence-electron chi connectivity index (χ3n) is 3.78. The second-order valence-corrected chi connectivity index (χ2v) is 5.83. The summed E-state index contributed by atoms with van der Waals surface area (Å²) < 4.78 is 0. The van der Waals surface area contributed by atoms with Gasteiger partial charge >= 0.3 is 5.97 Å². The van der Waals surface area contributed by atoms with Crippen LogP contribution in [0.4, 0.5) is 5.69 Å². The van der Waals surface area contributed by atoms with Crippen molar-refractivity contribution >= 4 is 23.3 Å². The summed E-state index contributed by atoms with van der Waals surface area (Å²) in [5, 5.41) is 13.2. The van der Waals surface area contributed by atoms with Crippen LogP contribution in [0.5, 0.6) is 0 Å². The maximum atomic E-state index is 10.9. The summed E-state index contributed by atoms with van der Waals surface area (Å²) in [7, 11) is 0. The summed E-state index contributed by atoms with van der Waals surface area (Å²) in [6, 6.07) is 15.0. The first-order valence-corrected chi connectivity index (χ1v) is 7.36. The van der Waals surface area contributed by atoms with E-state index >= 15 is 0 Å². The summed E-state index contributed by atoms with van der Waals surface area (Å²) >= 11 is 5.94. The van der Waals surface area contributed by atoms with Crippen molar-refractivity contribution in [3.05, 3.63) is 64.7 Å². The number of rotatable bonds is 5. The van der Waals surface area contributed by atoms with Crippen molar-refractivity contribution < 1.29 is 9.90 Å². The number of benzene rings is 2.